The van der Waals surface area contributed by atoms with Crippen LogP contribution in [0.1, 0.15) is 52.9 Å². The van der Waals surface area contributed by atoms with Crippen LogP contribution in [0.15, 0.2) is 0 Å². The van der Waals surface area contributed by atoms with E-state index < -0.39 is 0 Å². The third-order valence-electron chi connectivity index (χ3n) is 4.72. The van der Waals surface area contributed by atoms with Crippen LogP contribution >= 0.6 is 0 Å². The molecular formula is C17H34N2O. The Kier molecular flexibility index (Phi) is 6.31. The third kappa shape index (κ3) is 5.01. The standard InChI is InChI=1S/C17H34N2O/c1-4-9-19(16-5-6-16)14-17(7-10-20-11-8-17)13-18-12-15(2)3/h15-16,18H,4-14H2,1-3H3. The summed E-state index contributed by atoms with van der Waals surface area (Å²) in [5.74, 6) is 0.738. The molecule has 1 N–H and O–H groups in total. The van der Waals surface area contributed by atoms with E-state index in [1.807, 2.05) is 0 Å². The number of hydrogen-bond acceptors (Lipinski definition) is 3. The molecule has 3 heteroatoms. The first-order valence-corrected chi connectivity index (χ1v) is 8.68. The first-order valence-electron chi connectivity index (χ1n) is 8.68. The number of nitrogens with zero attached hydrogens (tertiary/aromatic N) is 1. The molecule has 2 fully saturated rings. The zero-order chi connectivity index (χ0) is 14.4. The van der Waals surface area contributed by atoms with Gasteiger partial charge in [0, 0.05) is 32.3 Å². The van der Waals surface area contributed by atoms with Crippen LogP contribution in [-0.2, 0) is 4.74 Å². The molecule has 1 aliphatic heterocycles. The fraction of sp³-hybridized carbons (Fsp3) is 1.00. The molecule has 0 aromatic rings. The minimum Gasteiger partial charge on any atom is -0.381 e. The molecule has 118 valence electrons. The zero-order valence-corrected chi connectivity index (χ0v) is 13.8. The Hall–Kier alpha value is -0.120. The SMILES string of the molecule is CCCN(CC1(CNCC(C)C)CCOCC1)C1CC1. The molecular weight excluding hydrogens is 248 g/mol. The van der Waals surface area contributed by atoms with Crippen LogP contribution < -0.4 is 5.32 Å². The minimum atomic E-state index is 0.449. The minimum absolute atomic E-state index is 0.449. The van der Waals surface area contributed by atoms with E-state index in [1.54, 1.807) is 0 Å². The van der Waals surface area contributed by atoms with E-state index in [2.05, 4.69) is 31.0 Å². The summed E-state index contributed by atoms with van der Waals surface area (Å²) in [4.78, 5) is 2.77. The van der Waals surface area contributed by atoms with E-state index in [9.17, 15) is 0 Å². The van der Waals surface area contributed by atoms with Gasteiger partial charge in [-0.15, -0.1) is 0 Å². The van der Waals surface area contributed by atoms with E-state index in [0.29, 0.717) is 5.41 Å². The zero-order valence-electron chi connectivity index (χ0n) is 13.8. The molecule has 2 rings (SSSR count). The van der Waals surface area contributed by atoms with Crippen LogP contribution in [0.5, 0.6) is 0 Å². The van der Waals surface area contributed by atoms with Crippen molar-refractivity contribution in [3.63, 3.8) is 0 Å². The maximum absolute atomic E-state index is 5.62. The molecule has 1 saturated carbocycles. The topological polar surface area (TPSA) is 24.5 Å². The van der Waals surface area contributed by atoms with Gasteiger partial charge in [0.2, 0.25) is 0 Å². The summed E-state index contributed by atoms with van der Waals surface area (Å²) in [6.07, 6.45) is 6.58. The van der Waals surface area contributed by atoms with E-state index in [0.717, 1.165) is 31.7 Å². The highest BCUT2D eigenvalue weighted by atomic mass is 16.5. The van der Waals surface area contributed by atoms with Crippen LogP contribution in [0.3, 0.4) is 0 Å². The average Bonchev–Trinajstić information content (AvgIpc) is 3.23. The predicted octanol–water partition coefficient (Wildman–Crippen LogP) is 2.90. The van der Waals surface area contributed by atoms with Crippen molar-refractivity contribution in [3.05, 3.63) is 0 Å². The molecule has 0 atom stereocenters. The lowest BCUT2D eigenvalue weighted by Gasteiger charge is -2.41. The first-order chi connectivity index (χ1) is 9.65. The second-order valence-electron chi connectivity index (χ2n) is 7.34. The lowest BCUT2D eigenvalue weighted by Crippen LogP contribution is -2.48. The molecule has 0 radical (unpaired) electrons. The smallest absolute Gasteiger partial charge is 0.0472 e. The van der Waals surface area contributed by atoms with Crippen LogP contribution in [0.4, 0.5) is 0 Å². The van der Waals surface area contributed by atoms with Gasteiger partial charge in [-0.2, -0.15) is 0 Å². The molecule has 0 unspecified atom stereocenters. The molecule has 0 aromatic heterocycles. The molecule has 0 spiro atoms. The number of nitrogens with one attached hydrogen (secondary N) is 1. The van der Waals surface area contributed by atoms with Crippen molar-refractivity contribution in [3.8, 4) is 0 Å². The van der Waals surface area contributed by atoms with Crippen LogP contribution in [0, 0.1) is 11.3 Å². The number of ether oxygens (including phenoxy) is 1. The van der Waals surface area contributed by atoms with Gasteiger partial charge >= 0.3 is 0 Å². The fourth-order valence-corrected chi connectivity index (χ4v) is 3.37. The summed E-state index contributed by atoms with van der Waals surface area (Å²) in [6.45, 7) is 13.7. The maximum Gasteiger partial charge on any atom is 0.0472 e. The fourth-order valence-electron chi connectivity index (χ4n) is 3.37. The molecule has 3 nitrogen and oxygen atoms in total. The van der Waals surface area contributed by atoms with Crippen molar-refractivity contribution in [2.24, 2.45) is 11.3 Å². The quantitative estimate of drug-likeness (QED) is 0.704. The van der Waals surface area contributed by atoms with E-state index in [1.165, 1.54) is 51.7 Å². The van der Waals surface area contributed by atoms with Gasteiger partial charge in [0.15, 0.2) is 0 Å². The van der Waals surface area contributed by atoms with Gasteiger partial charge in [-0.3, -0.25) is 4.90 Å². The van der Waals surface area contributed by atoms with Crippen molar-refractivity contribution in [2.45, 2.75) is 58.9 Å². The van der Waals surface area contributed by atoms with Gasteiger partial charge in [0.05, 0.1) is 0 Å². The average molecular weight is 282 g/mol. The second-order valence-corrected chi connectivity index (χ2v) is 7.34. The molecule has 0 aromatic carbocycles. The molecule has 2 aliphatic rings. The summed E-state index contributed by atoms with van der Waals surface area (Å²) < 4.78 is 5.62. The Balaban J connectivity index is 1.90. The summed E-state index contributed by atoms with van der Waals surface area (Å²) in [5, 5.41) is 3.72. The normalized spacial score (nSPS) is 22.6. The van der Waals surface area contributed by atoms with E-state index in [-0.39, 0.29) is 0 Å². The van der Waals surface area contributed by atoms with Crippen molar-refractivity contribution in [2.75, 3.05) is 39.4 Å². The first kappa shape index (κ1) is 16.3. The van der Waals surface area contributed by atoms with Gasteiger partial charge in [0.25, 0.3) is 0 Å². The molecule has 1 saturated heterocycles. The summed E-state index contributed by atoms with van der Waals surface area (Å²) >= 11 is 0. The predicted molar refractivity (Wildman–Crippen MR) is 85.1 cm³/mol. The Bertz CT molecular complexity index is 270. The summed E-state index contributed by atoms with van der Waals surface area (Å²) in [7, 11) is 0. The Morgan fingerprint density at radius 1 is 1.25 bits per heavy atom. The molecule has 20 heavy (non-hydrogen) atoms. The van der Waals surface area contributed by atoms with Gasteiger partial charge in [0.1, 0.15) is 0 Å². The van der Waals surface area contributed by atoms with Crippen LogP contribution in [-0.4, -0.2) is 50.3 Å². The highest BCUT2D eigenvalue weighted by Gasteiger charge is 2.38. The summed E-state index contributed by atoms with van der Waals surface area (Å²) in [5.41, 5.74) is 0.449. The van der Waals surface area contributed by atoms with Gasteiger partial charge < -0.3 is 10.1 Å². The number of hydrogen-bond donors (Lipinski definition) is 1. The van der Waals surface area contributed by atoms with E-state index in [4.69, 9.17) is 4.74 Å². The second kappa shape index (κ2) is 7.77. The molecule has 0 amide bonds. The maximum atomic E-state index is 5.62. The Morgan fingerprint density at radius 2 is 1.95 bits per heavy atom. The van der Waals surface area contributed by atoms with Crippen molar-refractivity contribution in [1.82, 2.24) is 10.2 Å². The molecule has 0 bridgehead atoms. The van der Waals surface area contributed by atoms with Gasteiger partial charge in [-0.1, -0.05) is 20.8 Å². The number of rotatable bonds is 9. The van der Waals surface area contributed by atoms with Crippen LogP contribution in [0.25, 0.3) is 0 Å². The van der Waals surface area contributed by atoms with Gasteiger partial charge in [-0.25, -0.2) is 0 Å². The monoisotopic (exact) mass is 282 g/mol. The third-order valence-corrected chi connectivity index (χ3v) is 4.72. The lowest BCUT2D eigenvalue weighted by molar-refractivity contribution is -0.00606. The van der Waals surface area contributed by atoms with Crippen molar-refractivity contribution in [1.29, 1.82) is 0 Å². The largest absolute Gasteiger partial charge is 0.381 e. The molecule has 1 heterocycles. The van der Waals surface area contributed by atoms with Crippen molar-refractivity contribution >= 4 is 0 Å². The van der Waals surface area contributed by atoms with Gasteiger partial charge in [-0.05, 0) is 56.5 Å². The summed E-state index contributed by atoms with van der Waals surface area (Å²) in [6, 6.07) is 0.889. The van der Waals surface area contributed by atoms with Crippen LogP contribution in [0.2, 0.25) is 0 Å². The Morgan fingerprint density at radius 3 is 2.50 bits per heavy atom. The lowest BCUT2D eigenvalue weighted by atomic mass is 9.79. The highest BCUT2D eigenvalue weighted by Crippen LogP contribution is 2.35. The van der Waals surface area contributed by atoms with Crippen molar-refractivity contribution < 1.29 is 4.74 Å². The molecule has 1 aliphatic carbocycles. The van der Waals surface area contributed by atoms with E-state index >= 15 is 0 Å². The Labute approximate surface area is 125 Å². The highest BCUT2D eigenvalue weighted by molar-refractivity contribution is 4.92.